The van der Waals surface area contributed by atoms with Crippen LogP contribution in [0.5, 0.6) is 0 Å². The van der Waals surface area contributed by atoms with Crippen LogP contribution in [0.3, 0.4) is 0 Å². The van der Waals surface area contributed by atoms with E-state index in [-0.39, 0.29) is 5.91 Å². The molecule has 2 aromatic rings. The number of hydrogen-bond donors (Lipinski definition) is 0. The van der Waals surface area contributed by atoms with E-state index >= 15 is 0 Å². The van der Waals surface area contributed by atoms with Gasteiger partial charge in [0, 0.05) is 23.9 Å². The van der Waals surface area contributed by atoms with Gasteiger partial charge in [0.1, 0.15) is 0 Å². The molecule has 0 radical (unpaired) electrons. The summed E-state index contributed by atoms with van der Waals surface area (Å²) >= 11 is 7.62. The monoisotopic (exact) mass is 357 g/mol. The van der Waals surface area contributed by atoms with Crippen LogP contribution in [-0.2, 0) is 10.5 Å². The molecule has 0 bridgehead atoms. The molecule has 0 spiro atoms. The van der Waals surface area contributed by atoms with Gasteiger partial charge in [-0.15, -0.1) is 11.8 Å². The van der Waals surface area contributed by atoms with Crippen molar-refractivity contribution in [1.29, 1.82) is 0 Å². The Kier molecular flexibility index (Phi) is 6.00. The zero-order chi connectivity index (χ0) is 16.8. The minimum Gasteiger partial charge on any atom is -0.338 e. The number of nitrogens with zero attached hydrogens (tertiary/aromatic N) is 1. The van der Waals surface area contributed by atoms with Crippen LogP contribution in [0.1, 0.15) is 17.5 Å². The maximum Gasteiger partial charge on any atom is 0.232 e. The third-order valence-corrected chi connectivity index (χ3v) is 5.31. The van der Waals surface area contributed by atoms with Gasteiger partial charge >= 0.3 is 0 Å². The van der Waals surface area contributed by atoms with E-state index in [1.165, 1.54) is 11.1 Å². The van der Waals surface area contributed by atoms with Crippen LogP contribution in [0.4, 0.5) is 0 Å². The van der Waals surface area contributed by atoms with E-state index in [1.807, 2.05) is 35.2 Å². The van der Waals surface area contributed by atoms with E-state index in [2.05, 4.69) is 30.3 Å². The van der Waals surface area contributed by atoms with Crippen LogP contribution in [0.15, 0.2) is 60.7 Å². The van der Waals surface area contributed by atoms with Gasteiger partial charge in [0.2, 0.25) is 5.91 Å². The molecule has 0 unspecified atom stereocenters. The van der Waals surface area contributed by atoms with Crippen molar-refractivity contribution in [2.75, 3.05) is 18.8 Å². The molecule has 1 aliphatic heterocycles. The summed E-state index contributed by atoms with van der Waals surface area (Å²) in [4.78, 5) is 14.3. The summed E-state index contributed by atoms with van der Waals surface area (Å²) in [5.41, 5.74) is 3.76. The van der Waals surface area contributed by atoms with Gasteiger partial charge in [-0.1, -0.05) is 60.1 Å². The number of rotatable bonds is 5. The van der Waals surface area contributed by atoms with Gasteiger partial charge in [-0.2, -0.15) is 0 Å². The maximum atomic E-state index is 12.3. The first-order chi connectivity index (χ1) is 11.7. The number of carbonyl (C=O) groups excluding carboxylic acids is 1. The molecule has 1 heterocycles. The molecular weight excluding hydrogens is 338 g/mol. The summed E-state index contributed by atoms with van der Waals surface area (Å²) < 4.78 is 0. The van der Waals surface area contributed by atoms with Crippen LogP contribution in [-0.4, -0.2) is 29.6 Å². The van der Waals surface area contributed by atoms with Crippen molar-refractivity contribution in [2.45, 2.75) is 12.2 Å². The summed E-state index contributed by atoms with van der Waals surface area (Å²) in [5.74, 6) is 1.54. The van der Waals surface area contributed by atoms with E-state index in [0.29, 0.717) is 12.3 Å². The number of hydrogen-bond acceptors (Lipinski definition) is 2. The van der Waals surface area contributed by atoms with E-state index in [4.69, 9.17) is 11.6 Å². The second-order valence-corrected chi connectivity index (χ2v) is 7.23. The topological polar surface area (TPSA) is 20.3 Å². The van der Waals surface area contributed by atoms with E-state index in [1.54, 1.807) is 11.8 Å². The van der Waals surface area contributed by atoms with Crippen molar-refractivity contribution >= 4 is 34.8 Å². The third-order valence-electron chi connectivity index (χ3n) is 4.09. The molecular formula is C20H20ClNOS. The number of benzene rings is 2. The summed E-state index contributed by atoms with van der Waals surface area (Å²) in [6, 6.07) is 18.2. The molecule has 2 nitrogen and oxygen atoms in total. The van der Waals surface area contributed by atoms with Crippen LogP contribution in [0.2, 0.25) is 5.02 Å². The van der Waals surface area contributed by atoms with Gasteiger partial charge in [-0.25, -0.2) is 0 Å². The Bertz CT molecular complexity index is 729. The lowest BCUT2D eigenvalue weighted by atomic mass is 10.00. The SMILES string of the molecule is O=C(CSCc1cccc(Cl)c1)N1CC=C(c2ccccc2)CC1. The fraction of sp³-hybridized carbons (Fsp3) is 0.250. The van der Waals surface area contributed by atoms with Gasteiger partial charge in [0.15, 0.2) is 0 Å². The predicted molar refractivity (Wildman–Crippen MR) is 103 cm³/mol. The van der Waals surface area contributed by atoms with Crippen molar-refractivity contribution < 1.29 is 4.79 Å². The van der Waals surface area contributed by atoms with Gasteiger partial charge < -0.3 is 4.90 Å². The highest BCUT2D eigenvalue weighted by molar-refractivity contribution is 7.99. The Morgan fingerprint density at radius 2 is 1.96 bits per heavy atom. The van der Waals surface area contributed by atoms with Gasteiger partial charge in [-0.05, 0) is 35.3 Å². The van der Waals surface area contributed by atoms with Crippen molar-refractivity contribution in [1.82, 2.24) is 4.90 Å². The molecule has 1 aliphatic rings. The molecule has 0 fully saturated rings. The van der Waals surface area contributed by atoms with Gasteiger partial charge in [-0.3, -0.25) is 4.79 Å². The fourth-order valence-electron chi connectivity index (χ4n) is 2.78. The number of thioether (sulfide) groups is 1. The molecule has 0 aliphatic carbocycles. The van der Waals surface area contributed by atoms with Crippen LogP contribution < -0.4 is 0 Å². The lowest BCUT2D eigenvalue weighted by Gasteiger charge is -2.26. The Labute approximate surface area is 152 Å². The summed E-state index contributed by atoms with van der Waals surface area (Å²) in [7, 11) is 0. The normalized spacial score (nSPS) is 14.4. The lowest BCUT2D eigenvalue weighted by molar-refractivity contribution is -0.127. The Balaban J connectivity index is 1.48. The highest BCUT2D eigenvalue weighted by Crippen LogP contribution is 2.23. The molecule has 0 atom stereocenters. The molecule has 0 N–H and O–H groups in total. The average molecular weight is 358 g/mol. The first-order valence-corrected chi connectivity index (χ1v) is 9.60. The smallest absolute Gasteiger partial charge is 0.232 e. The first kappa shape index (κ1) is 17.1. The summed E-state index contributed by atoms with van der Waals surface area (Å²) in [6.45, 7) is 1.51. The molecule has 24 heavy (non-hydrogen) atoms. The first-order valence-electron chi connectivity index (χ1n) is 8.07. The van der Waals surface area contributed by atoms with E-state index in [0.717, 1.165) is 29.3 Å². The van der Waals surface area contributed by atoms with Crippen LogP contribution in [0.25, 0.3) is 5.57 Å². The second kappa shape index (κ2) is 8.41. The van der Waals surface area contributed by atoms with Crippen molar-refractivity contribution in [2.24, 2.45) is 0 Å². The van der Waals surface area contributed by atoms with Gasteiger partial charge in [0.25, 0.3) is 0 Å². The number of amides is 1. The molecule has 3 rings (SSSR count). The predicted octanol–water partition coefficient (Wildman–Crippen LogP) is 4.89. The molecule has 1 amide bonds. The second-order valence-electron chi connectivity index (χ2n) is 5.81. The molecule has 0 saturated heterocycles. The standard InChI is InChI=1S/C20H20ClNOS/c21-19-8-4-5-16(13-19)14-24-15-20(23)22-11-9-18(10-12-22)17-6-2-1-3-7-17/h1-9,13H,10-12,14-15H2. The van der Waals surface area contributed by atoms with Gasteiger partial charge in [0.05, 0.1) is 5.75 Å². The lowest BCUT2D eigenvalue weighted by Crippen LogP contribution is -2.35. The quantitative estimate of drug-likeness (QED) is 0.759. The summed E-state index contributed by atoms with van der Waals surface area (Å²) in [5, 5.41) is 0.744. The molecule has 2 aromatic carbocycles. The minimum atomic E-state index is 0.213. The zero-order valence-electron chi connectivity index (χ0n) is 13.5. The number of halogens is 1. The van der Waals surface area contributed by atoms with Crippen LogP contribution in [0, 0.1) is 0 Å². The average Bonchev–Trinajstić information content (AvgIpc) is 2.63. The summed E-state index contributed by atoms with van der Waals surface area (Å²) in [6.07, 6.45) is 3.10. The third kappa shape index (κ3) is 4.65. The van der Waals surface area contributed by atoms with Crippen molar-refractivity contribution in [3.63, 3.8) is 0 Å². The Morgan fingerprint density at radius 1 is 1.12 bits per heavy atom. The number of carbonyl (C=O) groups is 1. The zero-order valence-corrected chi connectivity index (χ0v) is 15.0. The Morgan fingerprint density at radius 3 is 2.67 bits per heavy atom. The molecule has 4 heteroatoms. The van der Waals surface area contributed by atoms with E-state index < -0.39 is 0 Å². The van der Waals surface area contributed by atoms with Crippen molar-refractivity contribution in [3.05, 3.63) is 76.8 Å². The molecule has 124 valence electrons. The minimum absolute atomic E-state index is 0.213. The largest absolute Gasteiger partial charge is 0.338 e. The fourth-order valence-corrected chi connectivity index (χ4v) is 3.87. The molecule has 0 aromatic heterocycles. The van der Waals surface area contributed by atoms with E-state index in [9.17, 15) is 4.79 Å². The molecule has 0 saturated carbocycles. The highest BCUT2D eigenvalue weighted by Gasteiger charge is 2.17. The Hall–Kier alpha value is -1.71. The highest BCUT2D eigenvalue weighted by atomic mass is 35.5. The maximum absolute atomic E-state index is 12.3. The van der Waals surface area contributed by atoms with Crippen molar-refractivity contribution in [3.8, 4) is 0 Å². The van der Waals surface area contributed by atoms with Crippen LogP contribution >= 0.6 is 23.4 Å².